The van der Waals surface area contributed by atoms with Gasteiger partial charge in [-0.25, -0.2) is 9.18 Å². The number of carbonyl (C=O) groups is 1. The van der Waals surface area contributed by atoms with Crippen LogP contribution >= 0.6 is 0 Å². The van der Waals surface area contributed by atoms with Gasteiger partial charge in [0.15, 0.2) is 0 Å². The van der Waals surface area contributed by atoms with Gasteiger partial charge in [-0.05, 0) is 86.8 Å². The number of benzene rings is 2. The SMILES string of the molecule is O=C(O)c1cccc2c1c(CCN[C@H]1CN3CCC1CC3)cn2-c1ccc(F)cc1. The molecule has 0 aliphatic carbocycles. The highest BCUT2D eigenvalue weighted by Gasteiger charge is 2.33. The molecule has 0 unspecified atom stereocenters. The number of aromatic carboxylic acids is 1. The molecular weight excluding hydrogens is 381 g/mol. The quantitative estimate of drug-likeness (QED) is 0.654. The van der Waals surface area contributed by atoms with Gasteiger partial charge in [-0.3, -0.25) is 0 Å². The smallest absolute Gasteiger partial charge is 0.336 e. The first-order valence-electron chi connectivity index (χ1n) is 10.7. The van der Waals surface area contributed by atoms with Gasteiger partial charge in [0, 0.05) is 29.9 Å². The third-order valence-corrected chi connectivity index (χ3v) is 6.70. The van der Waals surface area contributed by atoms with E-state index in [1.807, 2.05) is 16.8 Å². The van der Waals surface area contributed by atoms with Gasteiger partial charge in [-0.2, -0.15) is 0 Å². The molecule has 5 nitrogen and oxygen atoms in total. The maximum atomic E-state index is 13.4. The number of nitrogens with zero attached hydrogens (tertiary/aromatic N) is 2. The van der Waals surface area contributed by atoms with E-state index in [0.29, 0.717) is 11.6 Å². The van der Waals surface area contributed by atoms with E-state index in [1.54, 1.807) is 24.3 Å². The molecule has 3 fully saturated rings. The summed E-state index contributed by atoms with van der Waals surface area (Å²) in [5.74, 6) is -0.461. The van der Waals surface area contributed by atoms with Crippen LogP contribution in [0.1, 0.15) is 28.8 Å². The Balaban J connectivity index is 1.44. The molecule has 1 aromatic heterocycles. The molecule has 156 valence electrons. The van der Waals surface area contributed by atoms with Crippen molar-refractivity contribution in [3.63, 3.8) is 0 Å². The Morgan fingerprint density at radius 3 is 2.57 bits per heavy atom. The molecule has 30 heavy (non-hydrogen) atoms. The van der Waals surface area contributed by atoms with Crippen LogP contribution in [0, 0.1) is 11.7 Å². The molecule has 2 aromatic carbocycles. The number of halogens is 1. The van der Waals surface area contributed by atoms with Crippen LogP contribution in [-0.4, -0.2) is 52.8 Å². The van der Waals surface area contributed by atoms with Gasteiger partial charge in [0.2, 0.25) is 0 Å². The lowest BCUT2D eigenvalue weighted by Crippen LogP contribution is -2.56. The number of fused-ring (bicyclic) bond motifs is 4. The molecule has 0 radical (unpaired) electrons. The van der Waals surface area contributed by atoms with E-state index in [4.69, 9.17) is 0 Å². The monoisotopic (exact) mass is 407 g/mol. The van der Waals surface area contributed by atoms with Crippen molar-refractivity contribution in [2.24, 2.45) is 5.92 Å². The fourth-order valence-electron chi connectivity index (χ4n) is 5.14. The van der Waals surface area contributed by atoms with Crippen LogP contribution in [0.2, 0.25) is 0 Å². The van der Waals surface area contributed by atoms with Crippen LogP contribution < -0.4 is 5.32 Å². The van der Waals surface area contributed by atoms with Crippen LogP contribution in [0.3, 0.4) is 0 Å². The van der Waals surface area contributed by atoms with Gasteiger partial charge >= 0.3 is 5.97 Å². The summed E-state index contributed by atoms with van der Waals surface area (Å²) in [6.45, 7) is 4.36. The second-order valence-electron chi connectivity index (χ2n) is 8.45. The van der Waals surface area contributed by atoms with Crippen molar-refractivity contribution in [1.29, 1.82) is 0 Å². The summed E-state index contributed by atoms with van der Waals surface area (Å²) >= 11 is 0. The second kappa shape index (κ2) is 7.85. The van der Waals surface area contributed by atoms with Crippen molar-refractivity contribution in [1.82, 2.24) is 14.8 Å². The normalized spacial score (nSPS) is 23.2. The molecule has 6 rings (SSSR count). The van der Waals surface area contributed by atoms with Gasteiger partial charge in [0.1, 0.15) is 5.82 Å². The predicted molar refractivity (Wildman–Crippen MR) is 115 cm³/mol. The summed E-state index contributed by atoms with van der Waals surface area (Å²) in [4.78, 5) is 14.4. The molecule has 3 aliphatic heterocycles. The molecular formula is C24H26FN3O2. The number of nitrogens with one attached hydrogen (secondary N) is 1. The Morgan fingerprint density at radius 2 is 1.90 bits per heavy atom. The zero-order chi connectivity index (χ0) is 20.7. The highest BCUT2D eigenvalue weighted by Crippen LogP contribution is 2.30. The number of hydrogen-bond acceptors (Lipinski definition) is 3. The number of hydrogen-bond donors (Lipinski definition) is 2. The summed E-state index contributed by atoms with van der Waals surface area (Å²) in [5.41, 5.74) is 2.96. The van der Waals surface area contributed by atoms with Crippen molar-refractivity contribution in [2.45, 2.75) is 25.3 Å². The van der Waals surface area contributed by atoms with Crippen molar-refractivity contribution in [2.75, 3.05) is 26.2 Å². The van der Waals surface area contributed by atoms with Crippen molar-refractivity contribution < 1.29 is 14.3 Å². The third kappa shape index (κ3) is 3.50. The molecule has 1 atom stereocenters. The minimum absolute atomic E-state index is 0.289. The molecule has 3 saturated heterocycles. The third-order valence-electron chi connectivity index (χ3n) is 6.70. The Morgan fingerprint density at radius 1 is 1.13 bits per heavy atom. The summed E-state index contributed by atoms with van der Waals surface area (Å²) in [6, 6.07) is 12.2. The van der Waals surface area contributed by atoms with E-state index in [1.165, 1.54) is 38.1 Å². The van der Waals surface area contributed by atoms with E-state index in [0.717, 1.165) is 47.6 Å². The molecule has 4 heterocycles. The van der Waals surface area contributed by atoms with Crippen LogP contribution in [0.15, 0.2) is 48.7 Å². The van der Waals surface area contributed by atoms with E-state index in [9.17, 15) is 14.3 Å². The van der Waals surface area contributed by atoms with Crippen molar-refractivity contribution >= 4 is 16.9 Å². The maximum Gasteiger partial charge on any atom is 0.336 e. The van der Waals surface area contributed by atoms with E-state index in [-0.39, 0.29) is 5.82 Å². The van der Waals surface area contributed by atoms with E-state index < -0.39 is 5.97 Å². The highest BCUT2D eigenvalue weighted by molar-refractivity contribution is 6.05. The van der Waals surface area contributed by atoms with Crippen molar-refractivity contribution in [3.05, 3.63) is 65.6 Å². The highest BCUT2D eigenvalue weighted by atomic mass is 19.1. The van der Waals surface area contributed by atoms with Crippen LogP contribution in [0.5, 0.6) is 0 Å². The summed E-state index contributed by atoms with van der Waals surface area (Å²) in [7, 11) is 0. The van der Waals surface area contributed by atoms with Gasteiger partial charge in [-0.1, -0.05) is 6.07 Å². The van der Waals surface area contributed by atoms with Gasteiger partial charge in [0.25, 0.3) is 0 Å². The lowest BCUT2D eigenvalue weighted by molar-refractivity contribution is 0.0699. The molecule has 0 saturated carbocycles. The lowest BCUT2D eigenvalue weighted by Gasteiger charge is -2.45. The Hall–Kier alpha value is -2.70. The largest absolute Gasteiger partial charge is 0.478 e. The maximum absolute atomic E-state index is 13.4. The molecule has 0 spiro atoms. The fourth-order valence-corrected chi connectivity index (χ4v) is 5.14. The average molecular weight is 407 g/mol. The van der Waals surface area contributed by atoms with E-state index >= 15 is 0 Å². The lowest BCUT2D eigenvalue weighted by atomic mass is 9.84. The zero-order valence-corrected chi connectivity index (χ0v) is 16.9. The van der Waals surface area contributed by atoms with Crippen molar-refractivity contribution in [3.8, 4) is 5.69 Å². The van der Waals surface area contributed by atoms with Gasteiger partial charge in [0.05, 0.1) is 11.1 Å². The van der Waals surface area contributed by atoms with Crippen LogP contribution in [0.4, 0.5) is 4.39 Å². The first kappa shape index (κ1) is 19.3. The summed E-state index contributed by atoms with van der Waals surface area (Å²) in [6.07, 6.45) is 5.29. The zero-order valence-electron chi connectivity index (χ0n) is 16.9. The van der Waals surface area contributed by atoms with Gasteiger partial charge < -0.3 is 19.9 Å². The first-order valence-corrected chi connectivity index (χ1v) is 10.7. The molecule has 2 bridgehead atoms. The molecule has 2 N–H and O–H groups in total. The summed E-state index contributed by atoms with van der Waals surface area (Å²) in [5, 5.41) is 14.2. The standard InChI is InChI=1S/C24H26FN3O2/c25-18-4-6-19(7-5-18)28-14-17(23-20(24(29)30)2-1-3-22(23)28)8-11-26-21-15-27-12-9-16(21)10-13-27/h1-7,14,16,21,26H,8-13,15H2,(H,29,30)/t21-/m0/s1. The number of aromatic nitrogens is 1. The molecule has 3 aromatic rings. The predicted octanol–water partition coefficient (Wildman–Crippen LogP) is 3.69. The topological polar surface area (TPSA) is 57.5 Å². The number of carboxylic acids is 1. The summed E-state index contributed by atoms with van der Waals surface area (Å²) < 4.78 is 15.4. The Labute approximate surface area is 175 Å². The van der Waals surface area contributed by atoms with E-state index in [2.05, 4.69) is 10.2 Å². The van der Waals surface area contributed by atoms with Gasteiger partial charge in [-0.15, -0.1) is 0 Å². The first-order chi connectivity index (χ1) is 14.6. The molecule has 0 amide bonds. The van der Waals surface area contributed by atoms with Crippen LogP contribution in [-0.2, 0) is 6.42 Å². The minimum atomic E-state index is -0.927. The fraction of sp³-hybridized carbons (Fsp3) is 0.375. The minimum Gasteiger partial charge on any atom is -0.478 e. The average Bonchev–Trinajstić information content (AvgIpc) is 3.14. The van der Waals surface area contributed by atoms with Crippen LogP contribution in [0.25, 0.3) is 16.6 Å². The molecule has 6 heteroatoms. The number of rotatable bonds is 6. The molecule has 3 aliphatic rings. The number of carboxylic acid groups (broad SMARTS) is 1. The second-order valence-corrected chi connectivity index (χ2v) is 8.45. The Kier molecular flexibility index (Phi) is 5.05. The number of piperidine rings is 3. The Bertz CT molecular complexity index is 1070.